The molecular weight excluding hydrogens is 221 g/mol. The number of aromatic amines is 1. The SMILES string of the molecule is Fc1ccc(Nc2ncnc3[nH]ncc23)cc1. The number of hydrogen-bond acceptors (Lipinski definition) is 4. The molecule has 3 aromatic rings. The monoisotopic (exact) mass is 229 g/mol. The second-order valence-electron chi connectivity index (χ2n) is 3.49. The fraction of sp³-hybridized carbons (Fsp3) is 0. The van der Waals surface area contributed by atoms with Crippen molar-refractivity contribution in [3.05, 3.63) is 42.6 Å². The van der Waals surface area contributed by atoms with Gasteiger partial charge in [-0.05, 0) is 24.3 Å². The molecule has 2 heterocycles. The van der Waals surface area contributed by atoms with E-state index in [1.807, 2.05) is 0 Å². The molecule has 0 radical (unpaired) electrons. The highest BCUT2D eigenvalue weighted by atomic mass is 19.1. The predicted molar refractivity (Wildman–Crippen MR) is 61.4 cm³/mol. The Balaban J connectivity index is 1.99. The van der Waals surface area contributed by atoms with Gasteiger partial charge in [0.2, 0.25) is 0 Å². The van der Waals surface area contributed by atoms with Gasteiger partial charge in [0, 0.05) is 5.69 Å². The molecule has 0 saturated heterocycles. The molecule has 17 heavy (non-hydrogen) atoms. The van der Waals surface area contributed by atoms with E-state index >= 15 is 0 Å². The summed E-state index contributed by atoms with van der Waals surface area (Å²) in [5, 5.41) is 10.5. The van der Waals surface area contributed by atoms with Gasteiger partial charge in [0.1, 0.15) is 18.0 Å². The van der Waals surface area contributed by atoms with Crippen LogP contribution in [0.3, 0.4) is 0 Å². The highest BCUT2D eigenvalue weighted by Gasteiger charge is 2.05. The maximum absolute atomic E-state index is 12.8. The lowest BCUT2D eigenvalue weighted by atomic mass is 10.3. The summed E-state index contributed by atoms with van der Waals surface area (Å²) in [4.78, 5) is 8.15. The van der Waals surface area contributed by atoms with E-state index in [1.54, 1.807) is 18.3 Å². The second-order valence-corrected chi connectivity index (χ2v) is 3.49. The molecule has 0 spiro atoms. The van der Waals surface area contributed by atoms with Crippen molar-refractivity contribution in [2.75, 3.05) is 5.32 Å². The number of nitrogens with zero attached hydrogens (tertiary/aromatic N) is 3. The van der Waals surface area contributed by atoms with Crippen molar-refractivity contribution in [3.63, 3.8) is 0 Å². The molecule has 0 saturated carbocycles. The van der Waals surface area contributed by atoms with Gasteiger partial charge >= 0.3 is 0 Å². The summed E-state index contributed by atoms with van der Waals surface area (Å²) in [6.07, 6.45) is 3.08. The fourth-order valence-corrected chi connectivity index (χ4v) is 1.53. The Morgan fingerprint density at radius 3 is 2.76 bits per heavy atom. The molecule has 0 bridgehead atoms. The standard InChI is InChI=1S/C11H8FN5/c12-7-1-3-8(4-2-7)16-10-9-5-15-17-11(9)14-6-13-10/h1-6H,(H2,13,14,15,16,17). The number of benzene rings is 1. The quantitative estimate of drug-likeness (QED) is 0.707. The number of hydrogen-bond donors (Lipinski definition) is 2. The number of anilines is 2. The Morgan fingerprint density at radius 2 is 1.94 bits per heavy atom. The maximum atomic E-state index is 12.8. The largest absolute Gasteiger partial charge is 0.340 e. The number of rotatable bonds is 2. The molecule has 1 aromatic carbocycles. The van der Waals surface area contributed by atoms with Crippen molar-refractivity contribution in [3.8, 4) is 0 Å². The lowest BCUT2D eigenvalue weighted by molar-refractivity contribution is 0.628. The number of aromatic nitrogens is 4. The third kappa shape index (κ3) is 1.80. The third-order valence-electron chi connectivity index (χ3n) is 2.35. The average molecular weight is 229 g/mol. The van der Waals surface area contributed by atoms with Crippen LogP contribution in [0.2, 0.25) is 0 Å². The summed E-state index contributed by atoms with van der Waals surface area (Å²) in [5.74, 6) is 0.363. The van der Waals surface area contributed by atoms with Crippen LogP contribution in [0.1, 0.15) is 0 Å². The average Bonchev–Trinajstić information content (AvgIpc) is 2.81. The summed E-state index contributed by atoms with van der Waals surface area (Å²) in [5.41, 5.74) is 1.41. The molecular formula is C11H8FN5. The van der Waals surface area contributed by atoms with Gasteiger partial charge in [0.25, 0.3) is 0 Å². The minimum absolute atomic E-state index is 0.272. The molecule has 0 amide bonds. The molecule has 3 rings (SSSR count). The van der Waals surface area contributed by atoms with Crippen LogP contribution in [0.5, 0.6) is 0 Å². The number of nitrogens with one attached hydrogen (secondary N) is 2. The lowest BCUT2D eigenvalue weighted by Gasteiger charge is -2.05. The first-order valence-electron chi connectivity index (χ1n) is 4.99. The minimum atomic E-state index is -0.272. The van der Waals surface area contributed by atoms with Crippen molar-refractivity contribution >= 4 is 22.5 Å². The van der Waals surface area contributed by atoms with Crippen molar-refractivity contribution in [1.29, 1.82) is 0 Å². The van der Waals surface area contributed by atoms with E-state index in [0.29, 0.717) is 11.5 Å². The topological polar surface area (TPSA) is 66.5 Å². The van der Waals surface area contributed by atoms with Crippen molar-refractivity contribution in [2.24, 2.45) is 0 Å². The van der Waals surface area contributed by atoms with Crippen LogP contribution >= 0.6 is 0 Å². The first-order valence-corrected chi connectivity index (χ1v) is 4.99. The Bertz CT molecular complexity index is 646. The zero-order valence-corrected chi connectivity index (χ0v) is 8.68. The molecule has 0 aliphatic rings. The van der Waals surface area contributed by atoms with E-state index in [2.05, 4.69) is 25.5 Å². The maximum Gasteiger partial charge on any atom is 0.160 e. The van der Waals surface area contributed by atoms with Crippen LogP contribution in [0, 0.1) is 5.82 Å². The Hall–Kier alpha value is -2.50. The van der Waals surface area contributed by atoms with E-state index in [1.165, 1.54) is 18.5 Å². The first kappa shape index (κ1) is 9.71. The van der Waals surface area contributed by atoms with Crippen LogP contribution in [0.4, 0.5) is 15.9 Å². The van der Waals surface area contributed by atoms with Gasteiger partial charge in [-0.3, -0.25) is 5.10 Å². The first-order chi connectivity index (χ1) is 8.33. The van der Waals surface area contributed by atoms with Crippen LogP contribution < -0.4 is 5.32 Å². The van der Waals surface area contributed by atoms with E-state index in [0.717, 1.165) is 11.1 Å². The van der Waals surface area contributed by atoms with Crippen molar-refractivity contribution in [1.82, 2.24) is 20.2 Å². The van der Waals surface area contributed by atoms with Gasteiger partial charge in [-0.25, -0.2) is 14.4 Å². The summed E-state index contributed by atoms with van der Waals surface area (Å²) >= 11 is 0. The van der Waals surface area contributed by atoms with E-state index in [9.17, 15) is 4.39 Å². The fourth-order valence-electron chi connectivity index (χ4n) is 1.53. The zero-order chi connectivity index (χ0) is 11.7. The molecule has 0 atom stereocenters. The summed E-state index contributed by atoms with van der Waals surface area (Å²) in [6, 6.07) is 6.05. The molecule has 84 valence electrons. The molecule has 0 aliphatic carbocycles. The molecule has 0 fully saturated rings. The van der Waals surface area contributed by atoms with E-state index in [4.69, 9.17) is 0 Å². The zero-order valence-electron chi connectivity index (χ0n) is 8.68. The third-order valence-corrected chi connectivity index (χ3v) is 2.35. The van der Waals surface area contributed by atoms with Gasteiger partial charge in [-0.2, -0.15) is 5.10 Å². The predicted octanol–water partition coefficient (Wildman–Crippen LogP) is 2.24. The minimum Gasteiger partial charge on any atom is -0.340 e. The summed E-state index contributed by atoms with van der Waals surface area (Å²) < 4.78 is 12.8. The van der Waals surface area contributed by atoms with Crippen molar-refractivity contribution in [2.45, 2.75) is 0 Å². The van der Waals surface area contributed by atoms with Gasteiger partial charge in [-0.15, -0.1) is 0 Å². The number of H-pyrrole nitrogens is 1. The van der Waals surface area contributed by atoms with Crippen molar-refractivity contribution < 1.29 is 4.39 Å². The van der Waals surface area contributed by atoms with Gasteiger partial charge < -0.3 is 5.32 Å². The summed E-state index contributed by atoms with van der Waals surface area (Å²) in [6.45, 7) is 0. The highest BCUT2D eigenvalue weighted by Crippen LogP contribution is 2.21. The van der Waals surface area contributed by atoms with Gasteiger partial charge in [-0.1, -0.05) is 0 Å². The molecule has 0 aliphatic heterocycles. The van der Waals surface area contributed by atoms with E-state index < -0.39 is 0 Å². The number of fused-ring (bicyclic) bond motifs is 1. The molecule has 2 N–H and O–H groups in total. The number of halogens is 1. The van der Waals surface area contributed by atoms with Crippen LogP contribution in [-0.2, 0) is 0 Å². The van der Waals surface area contributed by atoms with Crippen LogP contribution in [0.25, 0.3) is 11.0 Å². The molecule has 5 nitrogen and oxygen atoms in total. The Kier molecular flexibility index (Phi) is 2.18. The lowest BCUT2D eigenvalue weighted by Crippen LogP contribution is -1.94. The smallest absolute Gasteiger partial charge is 0.160 e. The van der Waals surface area contributed by atoms with Crippen LogP contribution in [0.15, 0.2) is 36.8 Å². The normalized spacial score (nSPS) is 10.6. The van der Waals surface area contributed by atoms with Gasteiger partial charge in [0.05, 0.1) is 11.6 Å². The van der Waals surface area contributed by atoms with Crippen LogP contribution in [-0.4, -0.2) is 20.2 Å². The molecule has 0 unspecified atom stereocenters. The molecule has 6 heteroatoms. The van der Waals surface area contributed by atoms with Gasteiger partial charge in [0.15, 0.2) is 5.65 Å². The summed E-state index contributed by atoms with van der Waals surface area (Å²) in [7, 11) is 0. The Labute approximate surface area is 95.7 Å². The Morgan fingerprint density at radius 1 is 1.12 bits per heavy atom. The van der Waals surface area contributed by atoms with E-state index in [-0.39, 0.29) is 5.82 Å². The second kappa shape index (κ2) is 3.82. The molecule has 2 aromatic heterocycles. The highest BCUT2D eigenvalue weighted by molar-refractivity contribution is 5.87.